The third kappa shape index (κ3) is 8.26. The van der Waals surface area contributed by atoms with E-state index in [-0.39, 0.29) is 17.4 Å². The quantitative estimate of drug-likeness (QED) is 0.158. The van der Waals surface area contributed by atoms with Crippen molar-refractivity contribution < 1.29 is 27.5 Å². The fourth-order valence-electron chi connectivity index (χ4n) is 3.86. The summed E-state index contributed by atoms with van der Waals surface area (Å²) in [5.41, 5.74) is 4.70. The van der Waals surface area contributed by atoms with E-state index < -0.39 is 17.6 Å². The Balaban J connectivity index is 1.65. The first-order valence-corrected chi connectivity index (χ1v) is 12.4. The zero-order valence-electron chi connectivity index (χ0n) is 22.2. The van der Waals surface area contributed by atoms with Crippen LogP contribution in [0.25, 0.3) is 17.2 Å². The predicted octanol–water partition coefficient (Wildman–Crippen LogP) is 5.66. The molecular weight excluding hydrogens is 537 g/mol. The van der Waals surface area contributed by atoms with Crippen molar-refractivity contribution in [2.24, 2.45) is 0 Å². The third-order valence-corrected chi connectivity index (χ3v) is 5.80. The Hall–Kier alpha value is -4.97. The van der Waals surface area contributed by atoms with E-state index in [0.717, 1.165) is 28.8 Å². The van der Waals surface area contributed by atoms with Crippen LogP contribution in [0.1, 0.15) is 16.7 Å². The summed E-state index contributed by atoms with van der Waals surface area (Å²) < 4.78 is 45.3. The Morgan fingerprint density at radius 1 is 1.05 bits per heavy atom. The third-order valence-electron chi connectivity index (χ3n) is 5.80. The molecule has 2 aromatic carbocycles. The van der Waals surface area contributed by atoms with Crippen LogP contribution >= 0.6 is 0 Å². The highest BCUT2D eigenvalue weighted by atomic mass is 19.4. The molecule has 0 bridgehead atoms. The average molecular weight is 565 g/mol. The number of nitrogens with one attached hydrogen (secondary N) is 3. The fourth-order valence-corrected chi connectivity index (χ4v) is 3.86. The minimum Gasteiger partial charge on any atom is -0.497 e. The largest absolute Gasteiger partial charge is 0.497 e. The number of pyridine rings is 1. The number of amides is 1. The lowest BCUT2D eigenvalue weighted by Crippen LogP contribution is -2.18. The molecule has 3 N–H and O–H groups in total. The summed E-state index contributed by atoms with van der Waals surface area (Å²) in [6.07, 6.45) is 4.09. The molecule has 0 unspecified atom stereocenters. The van der Waals surface area contributed by atoms with Crippen LogP contribution in [0.3, 0.4) is 0 Å². The smallest absolute Gasteiger partial charge is 0.416 e. The van der Waals surface area contributed by atoms with E-state index in [9.17, 15) is 18.0 Å². The molecule has 0 spiro atoms. The van der Waals surface area contributed by atoms with Gasteiger partial charge < -0.3 is 15.4 Å². The first kappa shape index (κ1) is 29.0. The van der Waals surface area contributed by atoms with Crippen molar-refractivity contribution >= 4 is 29.4 Å². The van der Waals surface area contributed by atoms with Gasteiger partial charge in [0.2, 0.25) is 5.95 Å². The predicted molar refractivity (Wildman–Crippen MR) is 149 cm³/mol. The Morgan fingerprint density at radius 2 is 1.85 bits per heavy atom. The lowest BCUT2D eigenvalue weighted by Gasteiger charge is -2.15. The molecule has 0 radical (unpaired) electrons. The van der Waals surface area contributed by atoms with Crippen LogP contribution in [-0.4, -0.2) is 41.6 Å². The highest BCUT2D eigenvalue weighted by molar-refractivity contribution is 5.91. The van der Waals surface area contributed by atoms with Crippen molar-refractivity contribution in [2.45, 2.75) is 12.6 Å². The number of rotatable bonds is 11. The molecule has 0 aliphatic carbocycles. The number of nitrogens with zero attached hydrogens (tertiary/aromatic N) is 3. The molecule has 41 heavy (non-hydrogen) atoms. The van der Waals surface area contributed by atoms with Crippen molar-refractivity contribution in [3.8, 4) is 16.9 Å². The summed E-state index contributed by atoms with van der Waals surface area (Å²) in [5.74, 6) is 0.183. The van der Waals surface area contributed by atoms with E-state index in [0.29, 0.717) is 24.3 Å². The molecule has 0 saturated heterocycles. The van der Waals surface area contributed by atoms with Gasteiger partial charge >= 0.3 is 6.18 Å². The highest BCUT2D eigenvalue weighted by Crippen LogP contribution is 2.35. The summed E-state index contributed by atoms with van der Waals surface area (Å²) in [6, 6.07) is 14.5. The fraction of sp³-hybridized carbons (Fsp3) is 0.172. The number of halogens is 3. The maximum atomic E-state index is 13.4. The second kappa shape index (κ2) is 13.4. The SMILES string of the molecule is CONC(=O)/C=C/c1cccc(-c2cnc(Nc3cc(OC)cc(C(F)(F)F)c3)nc2NCCc2ccncc2)c1. The monoisotopic (exact) mass is 564 g/mol. The Labute approximate surface area is 234 Å². The number of benzene rings is 2. The molecule has 0 atom stereocenters. The maximum Gasteiger partial charge on any atom is 0.416 e. The standard InChI is InChI=1S/C29H27F3N6O3/c1-40-24-16-22(29(30,31)32)15-23(17-24)36-28-35-18-25(27(37-28)34-13-10-19-8-11-33-12-9-19)21-5-3-4-20(14-21)6-7-26(39)38-41-2/h3-9,11-12,14-18H,10,13H2,1-2H3,(H,38,39)(H2,34,35,36,37)/b7-6+. The number of alkyl halides is 3. The number of hydroxylamine groups is 1. The first-order valence-electron chi connectivity index (χ1n) is 12.4. The molecule has 0 fully saturated rings. The number of ether oxygens (including phenoxy) is 1. The van der Waals surface area contributed by atoms with Gasteiger partial charge in [-0.2, -0.15) is 18.2 Å². The second-order valence-corrected chi connectivity index (χ2v) is 8.69. The highest BCUT2D eigenvalue weighted by Gasteiger charge is 2.31. The molecule has 12 heteroatoms. The van der Waals surface area contributed by atoms with Gasteiger partial charge in [-0.3, -0.25) is 14.6 Å². The van der Waals surface area contributed by atoms with E-state index in [2.05, 4.69) is 35.9 Å². The summed E-state index contributed by atoms with van der Waals surface area (Å²) in [7, 11) is 2.64. The van der Waals surface area contributed by atoms with Crippen LogP contribution in [0.15, 0.2) is 79.3 Å². The number of carbonyl (C=O) groups is 1. The molecule has 212 valence electrons. The van der Waals surface area contributed by atoms with Gasteiger partial charge in [-0.1, -0.05) is 18.2 Å². The molecule has 2 aromatic heterocycles. The van der Waals surface area contributed by atoms with Gasteiger partial charge in [-0.05, 0) is 59.5 Å². The minimum atomic E-state index is -4.56. The molecule has 9 nitrogen and oxygen atoms in total. The molecule has 2 heterocycles. The van der Waals surface area contributed by atoms with E-state index in [1.165, 1.54) is 26.4 Å². The van der Waals surface area contributed by atoms with Gasteiger partial charge in [-0.25, -0.2) is 10.5 Å². The molecule has 4 aromatic rings. The lowest BCUT2D eigenvalue weighted by molar-refractivity contribution is -0.137. The van der Waals surface area contributed by atoms with Crippen molar-refractivity contribution in [3.63, 3.8) is 0 Å². The Kier molecular flexibility index (Phi) is 9.48. The van der Waals surface area contributed by atoms with Crippen LogP contribution < -0.4 is 20.9 Å². The zero-order valence-corrected chi connectivity index (χ0v) is 22.2. The second-order valence-electron chi connectivity index (χ2n) is 8.69. The molecule has 4 rings (SSSR count). The van der Waals surface area contributed by atoms with Gasteiger partial charge in [0.05, 0.1) is 19.8 Å². The molecule has 1 amide bonds. The zero-order chi connectivity index (χ0) is 29.2. The number of hydrogen-bond acceptors (Lipinski definition) is 8. The number of carbonyl (C=O) groups excluding carboxylic acids is 1. The average Bonchev–Trinajstić information content (AvgIpc) is 2.96. The van der Waals surface area contributed by atoms with E-state index in [4.69, 9.17) is 4.74 Å². The summed E-state index contributed by atoms with van der Waals surface area (Å²) in [5, 5.41) is 6.17. The minimum absolute atomic E-state index is 0.0405. The normalized spacial score (nSPS) is 11.3. The van der Waals surface area contributed by atoms with Gasteiger partial charge in [0.1, 0.15) is 11.6 Å². The summed E-state index contributed by atoms with van der Waals surface area (Å²) in [6.45, 7) is 0.516. The molecule has 0 saturated carbocycles. The summed E-state index contributed by atoms with van der Waals surface area (Å²) in [4.78, 5) is 29.3. The molecular formula is C29H27F3N6O3. The number of hydrogen-bond donors (Lipinski definition) is 3. The van der Waals surface area contributed by atoms with Gasteiger partial charge in [0.15, 0.2) is 0 Å². The summed E-state index contributed by atoms with van der Waals surface area (Å²) >= 11 is 0. The van der Waals surface area contributed by atoms with Crippen molar-refractivity contribution in [1.29, 1.82) is 0 Å². The number of methoxy groups -OCH3 is 1. The lowest BCUT2D eigenvalue weighted by atomic mass is 10.0. The topological polar surface area (TPSA) is 110 Å². The van der Waals surface area contributed by atoms with Crippen molar-refractivity contribution in [2.75, 3.05) is 31.4 Å². The Morgan fingerprint density at radius 3 is 2.59 bits per heavy atom. The molecule has 0 aliphatic heterocycles. The van der Waals surface area contributed by atoms with E-state index in [1.54, 1.807) is 24.7 Å². The van der Waals surface area contributed by atoms with Crippen LogP contribution in [0.5, 0.6) is 5.75 Å². The molecule has 0 aliphatic rings. The first-order chi connectivity index (χ1) is 19.7. The van der Waals surface area contributed by atoms with E-state index >= 15 is 0 Å². The van der Waals surface area contributed by atoms with Gasteiger partial charge in [-0.15, -0.1) is 0 Å². The van der Waals surface area contributed by atoms with Crippen LogP contribution in [0.4, 0.5) is 30.6 Å². The van der Waals surface area contributed by atoms with Gasteiger partial charge in [0.25, 0.3) is 5.91 Å². The van der Waals surface area contributed by atoms with Crippen LogP contribution in [0.2, 0.25) is 0 Å². The van der Waals surface area contributed by atoms with Crippen LogP contribution in [-0.2, 0) is 22.2 Å². The Bertz CT molecular complexity index is 1510. The number of aromatic nitrogens is 3. The van der Waals surface area contributed by atoms with Gasteiger partial charge in [0, 0.05) is 48.5 Å². The van der Waals surface area contributed by atoms with Crippen molar-refractivity contribution in [3.05, 3.63) is 96.0 Å². The van der Waals surface area contributed by atoms with Crippen molar-refractivity contribution in [1.82, 2.24) is 20.4 Å². The van der Waals surface area contributed by atoms with Crippen LogP contribution in [0, 0.1) is 0 Å². The maximum absolute atomic E-state index is 13.4. The number of anilines is 3. The van der Waals surface area contributed by atoms with E-state index in [1.807, 2.05) is 36.4 Å².